The first-order chi connectivity index (χ1) is 21.3. The number of amides is 1. The number of rotatable bonds is 12. The zero-order valence-electron chi connectivity index (χ0n) is 24.5. The van der Waals surface area contributed by atoms with Crippen molar-refractivity contribution in [2.45, 2.75) is 43.3 Å². The Kier molecular flexibility index (Phi) is 10.2. The topological polar surface area (TPSA) is 102 Å². The van der Waals surface area contributed by atoms with E-state index in [0.29, 0.717) is 56.9 Å². The Bertz CT molecular complexity index is 1660. The fraction of sp³-hybridized carbons (Fsp3) is 0.273. The third-order valence-corrected chi connectivity index (χ3v) is 9.28. The van der Waals surface area contributed by atoms with Crippen LogP contribution in [-0.4, -0.2) is 40.2 Å². The summed E-state index contributed by atoms with van der Waals surface area (Å²) in [7, 11) is 0. The normalized spacial score (nSPS) is 16.1. The van der Waals surface area contributed by atoms with Gasteiger partial charge in [0, 0.05) is 16.3 Å². The molecule has 0 aliphatic carbocycles. The van der Waals surface area contributed by atoms with Crippen LogP contribution in [0.25, 0.3) is 5.76 Å². The average Bonchev–Trinajstić information content (AvgIpc) is 3.59. The van der Waals surface area contributed by atoms with Crippen LogP contribution in [0, 0.1) is 5.92 Å². The number of aromatic nitrogens is 2. The summed E-state index contributed by atoms with van der Waals surface area (Å²) in [5.41, 5.74) is 2.00. The minimum absolute atomic E-state index is 0.0392. The molecule has 1 fully saturated rings. The predicted octanol–water partition coefficient (Wildman–Crippen LogP) is 7.93. The SMILES string of the molecule is CCOc1cc(C2/C(=C(\O)c3ccccc3)C(=O)C(=O)N2c2nnc(SCc3ccc(Cl)cc3)s2)ccc1OCCC(C)C. The summed E-state index contributed by atoms with van der Waals surface area (Å²) < 4.78 is 12.6. The first-order valence-electron chi connectivity index (χ1n) is 14.2. The number of carbonyl (C=O) groups is 2. The molecule has 1 amide bonds. The molecule has 4 aromatic rings. The van der Waals surface area contributed by atoms with Crippen LogP contribution >= 0.6 is 34.7 Å². The van der Waals surface area contributed by atoms with E-state index in [1.165, 1.54) is 28.0 Å². The molecule has 0 bridgehead atoms. The highest BCUT2D eigenvalue weighted by Gasteiger charge is 2.48. The molecule has 1 N–H and O–H groups in total. The van der Waals surface area contributed by atoms with Gasteiger partial charge >= 0.3 is 5.91 Å². The van der Waals surface area contributed by atoms with Gasteiger partial charge in [-0.2, -0.15) is 0 Å². The van der Waals surface area contributed by atoms with Gasteiger partial charge in [0.2, 0.25) is 5.13 Å². The summed E-state index contributed by atoms with van der Waals surface area (Å²) in [4.78, 5) is 28.5. The zero-order chi connectivity index (χ0) is 31.2. The smallest absolute Gasteiger partial charge is 0.301 e. The van der Waals surface area contributed by atoms with E-state index >= 15 is 0 Å². The number of nitrogens with zero attached hydrogens (tertiary/aromatic N) is 3. The molecule has 2 heterocycles. The van der Waals surface area contributed by atoms with E-state index in [-0.39, 0.29) is 16.5 Å². The number of hydrogen-bond acceptors (Lipinski definition) is 9. The lowest BCUT2D eigenvalue weighted by molar-refractivity contribution is -0.132. The van der Waals surface area contributed by atoms with Crippen molar-refractivity contribution < 1.29 is 24.2 Å². The number of carbonyl (C=O) groups excluding carboxylic acids is 2. The molecule has 1 unspecified atom stereocenters. The number of aliphatic hydroxyl groups is 1. The maximum Gasteiger partial charge on any atom is 0.301 e. The maximum atomic E-state index is 13.6. The van der Waals surface area contributed by atoms with Crippen LogP contribution in [0.5, 0.6) is 11.5 Å². The highest BCUT2D eigenvalue weighted by atomic mass is 35.5. The number of anilines is 1. The first kappa shape index (κ1) is 31.6. The van der Waals surface area contributed by atoms with E-state index in [9.17, 15) is 14.7 Å². The summed E-state index contributed by atoms with van der Waals surface area (Å²) in [6.45, 7) is 7.03. The second kappa shape index (κ2) is 14.3. The van der Waals surface area contributed by atoms with Gasteiger partial charge in [-0.25, -0.2) is 0 Å². The number of aliphatic hydroxyl groups excluding tert-OH is 1. The summed E-state index contributed by atoms with van der Waals surface area (Å²) in [5.74, 6) is 0.268. The van der Waals surface area contributed by atoms with Crippen LogP contribution in [0.2, 0.25) is 5.02 Å². The molecule has 0 saturated carbocycles. The van der Waals surface area contributed by atoms with E-state index in [1.54, 1.807) is 42.5 Å². The molecule has 1 saturated heterocycles. The standard InChI is InChI=1S/C33H32ClN3O5S2/c1-4-41-26-18-23(12-15-25(26)42-17-16-20(2)3)28-27(29(38)22-8-6-5-7-9-22)30(39)31(40)37(28)32-35-36-33(44-32)43-19-21-10-13-24(34)14-11-21/h5-15,18,20,28,38H,4,16-17,19H2,1-3H3/b29-27+. The molecular formula is C33H32ClN3O5S2. The monoisotopic (exact) mass is 649 g/mol. The third-order valence-electron chi connectivity index (χ3n) is 6.91. The van der Waals surface area contributed by atoms with Crippen molar-refractivity contribution in [3.8, 4) is 11.5 Å². The van der Waals surface area contributed by atoms with Gasteiger partial charge in [0.25, 0.3) is 5.78 Å². The average molecular weight is 650 g/mol. The quantitative estimate of drug-likeness (QED) is 0.0543. The minimum atomic E-state index is -0.971. The summed E-state index contributed by atoms with van der Waals surface area (Å²) in [5, 5.41) is 20.9. The molecule has 1 atom stereocenters. The predicted molar refractivity (Wildman–Crippen MR) is 175 cm³/mol. The van der Waals surface area contributed by atoms with Crippen molar-refractivity contribution in [2.75, 3.05) is 18.1 Å². The summed E-state index contributed by atoms with van der Waals surface area (Å²) in [6.07, 6.45) is 0.875. The number of Topliss-reactive ketones (excluding diaryl/α,β-unsaturated/α-hetero) is 1. The molecule has 3 aromatic carbocycles. The van der Waals surface area contributed by atoms with Gasteiger partial charge in [0.15, 0.2) is 15.8 Å². The zero-order valence-corrected chi connectivity index (χ0v) is 26.9. The Morgan fingerprint density at radius 3 is 2.48 bits per heavy atom. The number of ketones is 1. The van der Waals surface area contributed by atoms with Crippen LogP contribution in [0.3, 0.4) is 0 Å². The number of thioether (sulfide) groups is 1. The van der Waals surface area contributed by atoms with Gasteiger partial charge in [0.1, 0.15) is 5.76 Å². The summed E-state index contributed by atoms with van der Waals surface area (Å²) >= 11 is 8.68. The minimum Gasteiger partial charge on any atom is -0.507 e. The lowest BCUT2D eigenvalue weighted by atomic mass is 9.95. The molecule has 11 heteroatoms. The number of hydrogen-bond donors (Lipinski definition) is 1. The van der Waals surface area contributed by atoms with Gasteiger partial charge < -0.3 is 14.6 Å². The van der Waals surface area contributed by atoms with Gasteiger partial charge in [-0.15, -0.1) is 10.2 Å². The lowest BCUT2D eigenvalue weighted by Crippen LogP contribution is -2.29. The van der Waals surface area contributed by atoms with E-state index in [0.717, 1.165) is 12.0 Å². The fourth-order valence-electron chi connectivity index (χ4n) is 4.67. The Morgan fingerprint density at radius 1 is 1.02 bits per heavy atom. The molecule has 1 aliphatic rings. The molecule has 228 valence electrons. The van der Waals surface area contributed by atoms with Crippen LogP contribution in [0.4, 0.5) is 5.13 Å². The Balaban J connectivity index is 1.54. The van der Waals surface area contributed by atoms with Crippen molar-refractivity contribution >= 4 is 57.3 Å². The Morgan fingerprint density at radius 2 is 1.77 bits per heavy atom. The van der Waals surface area contributed by atoms with E-state index < -0.39 is 17.7 Å². The third kappa shape index (κ3) is 7.09. The van der Waals surface area contributed by atoms with Crippen LogP contribution < -0.4 is 14.4 Å². The second-order valence-electron chi connectivity index (χ2n) is 10.5. The van der Waals surface area contributed by atoms with Crippen LogP contribution in [-0.2, 0) is 15.3 Å². The van der Waals surface area contributed by atoms with Crippen molar-refractivity contribution in [3.63, 3.8) is 0 Å². The fourth-order valence-corrected chi connectivity index (χ4v) is 6.62. The molecule has 44 heavy (non-hydrogen) atoms. The van der Waals surface area contributed by atoms with Gasteiger partial charge in [0.05, 0.1) is 24.8 Å². The largest absolute Gasteiger partial charge is 0.507 e. The molecule has 8 nitrogen and oxygen atoms in total. The van der Waals surface area contributed by atoms with E-state index in [4.69, 9.17) is 21.1 Å². The second-order valence-corrected chi connectivity index (χ2v) is 13.1. The first-order valence-corrected chi connectivity index (χ1v) is 16.4. The molecule has 1 aromatic heterocycles. The van der Waals surface area contributed by atoms with E-state index in [2.05, 4.69) is 24.0 Å². The van der Waals surface area contributed by atoms with Crippen molar-refractivity contribution in [3.05, 3.63) is 100 Å². The van der Waals surface area contributed by atoms with Crippen molar-refractivity contribution in [2.24, 2.45) is 5.92 Å². The Hall–Kier alpha value is -3.86. The molecule has 1 aliphatic heterocycles. The Labute approximate surface area is 269 Å². The van der Waals surface area contributed by atoms with Crippen molar-refractivity contribution in [1.82, 2.24) is 10.2 Å². The van der Waals surface area contributed by atoms with Crippen LogP contribution in [0.15, 0.2) is 82.7 Å². The summed E-state index contributed by atoms with van der Waals surface area (Å²) in [6, 6.07) is 20.6. The van der Waals surface area contributed by atoms with Crippen molar-refractivity contribution in [1.29, 1.82) is 0 Å². The molecule has 0 radical (unpaired) electrons. The lowest BCUT2D eigenvalue weighted by Gasteiger charge is -2.23. The highest BCUT2D eigenvalue weighted by molar-refractivity contribution is 8.00. The van der Waals surface area contributed by atoms with Gasteiger partial charge in [-0.05, 0) is 54.7 Å². The number of halogens is 1. The van der Waals surface area contributed by atoms with Gasteiger partial charge in [-0.3, -0.25) is 14.5 Å². The number of ether oxygens (including phenoxy) is 2. The van der Waals surface area contributed by atoms with Gasteiger partial charge in [-0.1, -0.05) is 97.1 Å². The molecule has 0 spiro atoms. The molecular weight excluding hydrogens is 618 g/mol. The maximum absolute atomic E-state index is 13.6. The molecule has 5 rings (SSSR count). The van der Waals surface area contributed by atoms with Crippen LogP contribution in [0.1, 0.15) is 49.9 Å². The van der Waals surface area contributed by atoms with E-state index in [1.807, 2.05) is 37.3 Å². The number of benzene rings is 3. The highest BCUT2D eigenvalue weighted by Crippen LogP contribution is 2.45.